The Balaban J connectivity index is 2.27. The quantitative estimate of drug-likeness (QED) is 0.0215. The number of amides is 1. The van der Waals surface area contributed by atoms with Gasteiger partial charge >= 0.3 is 0 Å². The average Bonchev–Trinajstić information content (AvgIpc) is 3.33. The summed E-state index contributed by atoms with van der Waals surface area (Å²) in [6.45, 7) is 3.35. The van der Waals surface area contributed by atoms with Crippen molar-refractivity contribution >= 4 is 5.91 Å². The minimum Gasteiger partial charge on any atom is -0.394 e. The first-order valence-corrected chi connectivity index (χ1v) is 27.5. The number of nitrogens with one attached hydrogen (secondary N) is 1. The molecular weight excluding hydrogens is 847 g/mol. The van der Waals surface area contributed by atoms with Crippen LogP contribution in [0.1, 0.15) is 232 Å². The molecular formula is C56H103NO10. The van der Waals surface area contributed by atoms with Crippen LogP contribution in [0.15, 0.2) is 48.6 Å². The van der Waals surface area contributed by atoms with E-state index in [1.54, 1.807) is 0 Å². The predicted octanol–water partition coefficient (Wildman–Crippen LogP) is 10.9. The van der Waals surface area contributed by atoms with E-state index in [9.17, 15) is 40.5 Å². The fraction of sp³-hybridized carbons (Fsp3) is 0.839. The Morgan fingerprint density at radius 1 is 0.507 bits per heavy atom. The lowest BCUT2D eigenvalue weighted by atomic mass is 9.98. The van der Waals surface area contributed by atoms with Crippen LogP contribution in [0.4, 0.5) is 0 Å². The molecule has 1 aliphatic heterocycles. The first-order chi connectivity index (χ1) is 32.7. The van der Waals surface area contributed by atoms with Crippen LogP contribution in [0.5, 0.6) is 0 Å². The van der Waals surface area contributed by atoms with Crippen molar-refractivity contribution in [2.45, 2.75) is 287 Å². The van der Waals surface area contributed by atoms with Gasteiger partial charge in [0.05, 0.1) is 25.4 Å². The van der Waals surface area contributed by atoms with Crippen molar-refractivity contribution in [3.05, 3.63) is 48.6 Å². The Morgan fingerprint density at radius 2 is 0.910 bits per heavy atom. The van der Waals surface area contributed by atoms with Crippen molar-refractivity contribution < 1.29 is 50.0 Å². The van der Waals surface area contributed by atoms with Gasteiger partial charge in [0.15, 0.2) is 6.29 Å². The molecule has 1 rings (SSSR count). The second-order valence-electron chi connectivity index (χ2n) is 19.3. The lowest BCUT2D eigenvalue weighted by Crippen LogP contribution is -2.60. The summed E-state index contributed by atoms with van der Waals surface area (Å²) in [6, 6.07) is -1.20. The van der Waals surface area contributed by atoms with Crippen LogP contribution in [0.25, 0.3) is 0 Å². The smallest absolute Gasteiger partial charge is 0.249 e. The molecule has 11 nitrogen and oxygen atoms in total. The Hall–Kier alpha value is -1.93. The Kier molecular flexibility index (Phi) is 42.6. The van der Waals surface area contributed by atoms with Crippen LogP contribution in [-0.2, 0) is 14.3 Å². The number of allylic oxidation sites excluding steroid dienone is 8. The maximum atomic E-state index is 13.0. The molecule has 0 bridgehead atoms. The zero-order chi connectivity index (χ0) is 49.0. The van der Waals surface area contributed by atoms with Crippen LogP contribution in [0, 0.1) is 0 Å². The van der Waals surface area contributed by atoms with Gasteiger partial charge in [-0.05, 0) is 83.5 Å². The zero-order valence-corrected chi connectivity index (χ0v) is 42.6. The lowest BCUT2D eigenvalue weighted by Gasteiger charge is -2.40. The number of hydrogen-bond acceptors (Lipinski definition) is 10. The summed E-state index contributed by atoms with van der Waals surface area (Å²) < 4.78 is 11.1. The Labute approximate surface area is 409 Å². The van der Waals surface area contributed by atoms with Crippen molar-refractivity contribution in [2.75, 3.05) is 13.2 Å². The fourth-order valence-corrected chi connectivity index (χ4v) is 8.51. The topological polar surface area (TPSA) is 189 Å². The average molecular weight is 950 g/mol. The van der Waals surface area contributed by atoms with Gasteiger partial charge < -0.3 is 50.5 Å². The van der Waals surface area contributed by atoms with Crippen molar-refractivity contribution in [1.82, 2.24) is 5.32 Å². The second-order valence-corrected chi connectivity index (χ2v) is 19.3. The van der Waals surface area contributed by atoms with E-state index in [1.165, 1.54) is 128 Å². The van der Waals surface area contributed by atoms with E-state index in [1.807, 2.05) is 0 Å². The number of aliphatic hydroxyl groups excluding tert-OH is 7. The van der Waals surface area contributed by atoms with Crippen molar-refractivity contribution in [2.24, 2.45) is 0 Å². The third kappa shape index (κ3) is 34.1. The van der Waals surface area contributed by atoms with E-state index in [2.05, 4.69) is 67.8 Å². The minimum absolute atomic E-state index is 0.226. The summed E-state index contributed by atoms with van der Waals surface area (Å²) in [5.41, 5.74) is 0. The third-order valence-electron chi connectivity index (χ3n) is 13.1. The van der Waals surface area contributed by atoms with Gasteiger partial charge in [-0.1, -0.05) is 197 Å². The molecule has 0 spiro atoms. The van der Waals surface area contributed by atoms with E-state index in [-0.39, 0.29) is 12.8 Å². The zero-order valence-electron chi connectivity index (χ0n) is 42.6. The van der Waals surface area contributed by atoms with Gasteiger partial charge in [-0.2, -0.15) is 0 Å². The highest BCUT2D eigenvalue weighted by Crippen LogP contribution is 2.23. The molecule has 67 heavy (non-hydrogen) atoms. The molecule has 0 aromatic rings. The monoisotopic (exact) mass is 950 g/mol. The summed E-state index contributed by atoms with van der Waals surface area (Å²) in [5, 5.41) is 75.6. The molecule has 1 heterocycles. The molecule has 0 aromatic heterocycles. The summed E-state index contributed by atoms with van der Waals surface area (Å²) >= 11 is 0. The van der Waals surface area contributed by atoms with E-state index in [0.717, 1.165) is 57.8 Å². The number of hydrogen-bond donors (Lipinski definition) is 8. The molecule has 1 amide bonds. The maximum Gasteiger partial charge on any atom is 0.249 e. The normalized spacial score (nSPS) is 21.0. The van der Waals surface area contributed by atoms with Gasteiger partial charge in [-0.15, -0.1) is 0 Å². The van der Waals surface area contributed by atoms with E-state index in [4.69, 9.17) is 9.47 Å². The van der Waals surface area contributed by atoms with Gasteiger partial charge in [0.2, 0.25) is 5.91 Å². The maximum absolute atomic E-state index is 13.0. The minimum atomic E-state index is -1.68. The highest BCUT2D eigenvalue weighted by molar-refractivity contribution is 5.80. The molecule has 1 saturated heterocycles. The number of carbonyl (C=O) groups is 1. The van der Waals surface area contributed by atoms with Crippen LogP contribution in [0.2, 0.25) is 0 Å². The van der Waals surface area contributed by atoms with Crippen molar-refractivity contribution in [3.8, 4) is 0 Å². The van der Waals surface area contributed by atoms with Gasteiger partial charge in [0.1, 0.15) is 36.6 Å². The molecule has 9 atom stereocenters. The highest BCUT2D eigenvalue weighted by Gasteiger charge is 2.44. The third-order valence-corrected chi connectivity index (χ3v) is 13.1. The molecule has 1 fully saturated rings. The van der Waals surface area contributed by atoms with Gasteiger partial charge in [0.25, 0.3) is 0 Å². The summed E-state index contributed by atoms with van der Waals surface area (Å²) in [7, 11) is 0. The fourth-order valence-electron chi connectivity index (χ4n) is 8.51. The molecule has 0 radical (unpaired) electrons. The van der Waals surface area contributed by atoms with Crippen LogP contribution >= 0.6 is 0 Å². The number of carbonyl (C=O) groups excluding carboxylic acids is 1. The van der Waals surface area contributed by atoms with E-state index in [0.29, 0.717) is 19.3 Å². The van der Waals surface area contributed by atoms with Gasteiger partial charge in [-0.25, -0.2) is 0 Å². The standard InChI is InChI=1S/C56H103NO10/c1-3-5-7-9-11-13-14-15-16-17-18-19-20-21-22-23-24-25-26-27-28-29-30-31-32-33-34-36-37-39-41-43-48(59)51(61)47(46-66-56-54(64)53(63)52(62)50(45-58)67-56)57-55(65)49(60)44-42-40-38-35-12-10-8-6-4-2/h10,12,27-28,31-32,36-37,47-54,56,58-64H,3-9,11,13-26,29-30,33-35,38-46H2,1-2H3,(H,57,65)/b12-10-,28-27+,32-31+,37-36+. The van der Waals surface area contributed by atoms with Crippen molar-refractivity contribution in [3.63, 3.8) is 0 Å². The Bertz CT molecular complexity index is 1230. The van der Waals surface area contributed by atoms with Crippen LogP contribution in [0.3, 0.4) is 0 Å². The molecule has 9 unspecified atom stereocenters. The molecule has 0 aliphatic carbocycles. The van der Waals surface area contributed by atoms with Gasteiger partial charge in [0, 0.05) is 0 Å². The van der Waals surface area contributed by atoms with E-state index >= 15 is 0 Å². The number of ether oxygens (including phenoxy) is 2. The Morgan fingerprint density at radius 3 is 1.37 bits per heavy atom. The van der Waals surface area contributed by atoms with E-state index < -0.39 is 74.2 Å². The molecule has 1 aliphatic rings. The SMILES string of the molecule is CCCC/C=C\CCCCCC(O)C(=O)NC(COC1OC(CO)C(O)C(O)C1O)C(O)C(O)CCC/C=C/CC/C=C/CC/C=C/CCCCCCCCCCCCCCCCCCCC. The number of rotatable bonds is 46. The van der Waals surface area contributed by atoms with Gasteiger partial charge in [-0.3, -0.25) is 4.79 Å². The second kappa shape index (κ2) is 45.2. The molecule has 11 heteroatoms. The highest BCUT2D eigenvalue weighted by atomic mass is 16.7. The summed E-state index contributed by atoms with van der Waals surface area (Å²) in [4.78, 5) is 13.0. The summed E-state index contributed by atoms with van der Waals surface area (Å²) in [6.07, 6.45) is 45.0. The molecule has 392 valence electrons. The molecule has 8 N–H and O–H groups in total. The lowest BCUT2D eigenvalue weighted by molar-refractivity contribution is -0.303. The largest absolute Gasteiger partial charge is 0.394 e. The first-order valence-electron chi connectivity index (χ1n) is 27.5. The number of unbranched alkanes of at least 4 members (excludes halogenated alkanes) is 26. The summed E-state index contributed by atoms with van der Waals surface area (Å²) in [5.74, 6) is -0.729. The molecule has 0 saturated carbocycles. The van der Waals surface area contributed by atoms with Crippen LogP contribution < -0.4 is 5.32 Å². The number of aliphatic hydroxyl groups is 7. The van der Waals surface area contributed by atoms with Crippen LogP contribution in [-0.4, -0.2) is 110 Å². The van der Waals surface area contributed by atoms with Crippen molar-refractivity contribution in [1.29, 1.82) is 0 Å². The predicted molar refractivity (Wildman–Crippen MR) is 275 cm³/mol. The first kappa shape index (κ1) is 63.1. The molecule has 0 aromatic carbocycles.